The van der Waals surface area contributed by atoms with Gasteiger partial charge in [-0.05, 0) is 49.4 Å². The number of rotatable bonds is 4. The summed E-state index contributed by atoms with van der Waals surface area (Å²) >= 11 is 11.7. The number of anilines is 2. The lowest BCUT2D eigenvalue weighted by atomic mass is 10.3. The highest BCUT2D eigenvalue weighted by Crippen LogP contribution is 2.22. The molecule has 116 valence electrons. The van der Waals surface area contributed by atoms with Gasteiger partial charge in [-0.15, -0.1) is 0 Å². The monoisotopic (exact) mass is 339 g/mol. The molecule has 5 nitrogen and oxygen atoms in total. The molecule has 0 spiro atoms. The van der Waals surface area contributed by atoms with Crippen LogP contribution in [0.1, 0.15) is 6.92 Å². The Labute approximate surface area is 138 Å². The van der Waals surface area contributed by atoms with Gasteiger partial charge in [0.1, 0.15) is 5.75 Å². The lowest BCUT2D eigenvalue weighted by Crippen LogP contribution is -2.39. The number of urea groups is 1. The number of nitrogen functional groups attached to an aromatic ring is 1. The number of carbonyl (C=O) groups is 1. The first-order valence-electron chi connectivity index (χ1n) is 6.49. The Morgan fingerprint density at radius 1 is 1.18 bits per heavy atom. The molecule has 2 aromatic carbocycles. The average molecular weight is 340 g/mol. The van der Waals surface area contributed by atoms with Gasteiger partial charge in [-0.3, -0.25) is 0 Å². The van der Waals surface area contributed by atoms with Crippen molar-refractivity contribution >= 4 is 40.6 Å². The van der Waals surface area contributed by atoms with E-state index in [0.717, 1.165) is 0 Å². The first kappa shape index (κ1) is 16.3. The minimum absolute atomic E-state index is 0.378. The van der Waals surface area contributed by atoms with Crippen molar-refractivity contribution in [1.29, 1.82) is 0 Å². The van der Waals surface area contributed by atoms with E-state index in [-0.39, 0.29) is 0 Å². The summed E-state index contributed by atoms with van der Waals surface area (Å²) in [6, 6.07) is 11.3. The van der Waals surface area contributed by atoms with Crippen LogP contribution in [0.4, 0.5) is 16.2 Å². The van der Waals surface area contributed by atoms with E-state index in [1.807, 2.05) is 0 Å². The molecule has 0 aromatic heterocycles. The third-order valence-corrected chi connectivity index (χ3v) is 3.30. The van der Waals surface area contributed by atoms with E-state index in [4.69, 9.17) is 33.7 Å². The van der Waals surface area contributed by atoms with Crippen molar-refractivity contribution in [3.8, 4) is 5.75 Å². The van der Waals surface area contributed by atoms with Crippen LogP contribution in [0.2, 0.25) is 10.0 Å². The second kappa shape index (κ2) is 7.24. The van der Waals surface area contributed by atoms with Crippen LogP contribution in [-0.2, 0) is 0 Å². The molecule has 2 rings (SSSR count). The number of amides is 2. The summed E-state index contributed by atoms with van der Waals surface area (Å²) < 4.78 is 5.54. The highest BCUT2D eigenvalue weighted by molar-refractivity contribution is 6.33. The van der Waals surface area contributed by atoms with Crippen molar-refractivity contribution in [2.24, 2.45) is 0 Å². The van der Waals surface area contributed by atoms with Crippen molar-refractivity contribution in [3.63, 3.8) is 0 Å². The Balaban J connectivity index is 1.88. The van der Waals surface area contributed by atoms with Gasteiger partial charge in [0.25, 0.3) is 0 Å². The lowest BCUT2D eigenvalue weighted by molar-refractivity contribution is 0.183. The molecule has 1 atom stereocenters. The molecule has 1 unspecified atom stereocenters. The molecule has 0 radical (unpaired) electrons. The van der Waals surface area contributed by atoms with Gasteiger partial charge in [-0.2, -0.15) is 0 Å². The number of benzene rings is 2. The predicted octanol–water partition coefficient (Wildman–Crippen LogP) is 4.12. The first-order valence-corrected chi connectivity index (χ1v) is 7.24. The van der Waals surface area contributed by atoms with Crippen molar-refractivity contribution in [1.82, 2.24) is 5.32 Å². The molecular weight excluding hydrogens is 325 g/mol. The van der Waals surface area contributed by atoms with E-state index >= 15 is 0 Å². The summed E-state index contributed by atoms with van der Waals surface area (Å²) in [7, 11) is 0. The third-order valence-electron chi connectivity index (χ3n) is 2.72. The summed E-state index contributed by atoms with van der Waals surface area (Å²) in [5.41, 5.74) is 6.60. The standard InChI is InChI=1S/C15H15Cl2N3O2/c1-9(22-12-5-2-10(16)3-6-12)19-15(21)20-11-4-7-14(18)13(17)8-11/h2-9H,18H2,1H3,(H2,19,20,21). The van der Waals surface area contributed by atoms with Gasteiger partial charge in [0.15, 0.2) is 6.23 Å². The molecule has 0 saturated carbocycles. The minimum atomic E-state index is -0.523. The summed E-state index contributed by atoms with van der Waals surface area (Å²) in [6.45, 7) is 1.71. The van der Waals surface area contributed by atoms with Crippen LogP contribution in [0.5, 0.6) is 5.75 Å². The molecule has 0 aliphatic heterocycles. The molecule has 2 aromatic rings. The van der Waals surface area contributed by atoms with Crippen LogP contribution in [0, 0.1) is 0 Å². The minimum Gasteiger partial charge on any atom is -0.471 e. The normalized spacial score (nSPS) is 11.6. The van der Waals surface area contributed by atoms with E-state index in [1.54, 1.807) is 49.4 Å². The summed E-state index contributed by atoms with van der Waals surface area (Å²) in [4.78, 5) is 11.9. The molecule has 2 amide bonds. The summed E-state index contributed by atoms with van der Waals surface area (Å²) in [5.74, 6) is 0.604. The van der Waals surface area contributed by atoms with E-state index in [9.17, 15) is 4.79 Å². The zero-order valence-electron chi connectivity index (χ0n) is 11.8. The molecule has 0 heterocycles. The quantitative estimate of drug-likeness (QED) is 0.579. The van der Waals surface area contributed by atoms with Crippen molar-refractivity contribution in [2.75, 3.05) is 11.1 Å². The molecule has 0 aliphatic rings. The van der Waals surface area contributed by atoms with E-state index in [1.165, 1.54) is 0 Å². The van der Waals surface area contributed by atoms with Crippen LogP contribution >= 0.6 is 23.2 Å². The molecular formula is C15H15Cl2N3O2. The lowest BCUT2D eigenvalue weighted by Gasteiger charge is -2.17. The number of nitrogens with two attached hydrogens (primary N) is 1. The zero-order valence-corrected chi connectivity index (χ0v) is 13.3. The van der Waals surface area contributed by atoms with Crippen LogP contribution in [0.25, 0.3) is 0 Å². The summed E-state index contributed by atoms with van der Waals surface area (Å²) in [6.07, 6.45) is -0.523. The zero-order chi connectivity index (χ0) is 16.1. The van der Waals surface area contributed by atoms with Crippen LogP contribution in [0.15, 0.2) is 42.5 Å². The highest BCUT2D eigenvalue weighted by Gasteiger charge is 2.09. The second-order valence-electron chi connectivity index (χ2n) is 4.55. The van der Waals surface area contributed by atoms with Gasteiger partial charge in [0.05, 0.1) is 10.7 Å². The van der Waals surface area contributed by atoms with Gasteiger partial charge in [-0.1, -0.05) is 23.2 Å². The van der Waals surface area contributed by atoms with E-state index in [2.05, 4.69) is 10.6 Å². The fourth-order valence-electron chi connectivity index (χ4n) is 1.70. The van der Waals surface area contributed by atoms with Crippen molar-refractivity contribution < 1.29 is 9.53 Å². The first-order chi connectivity index (χ1) is 10.4. The molecule has 0 saturated heterocycles. The molecule has 7 heteroatoms. The van der Waals surface area contributed by atoms with Crippen LogP contribution in [-0.4, -0.2) is 12.3 Å². The molecule has 0 fully saturated rings. The van der Waals surface area contributed by atoms with Crippen LogP contribution < -0.4 is 21.1 Å². The van der Waals surface area contributed by atoms with E-state index in [0.29, 0.717) is 27.2 Å². The third kappa shape index (κ3) is 4.72. The summed E-state index contributed by atoms with van der Waals surface area (Å²) in [5, 5.41) is 6.29. The molecule has 0 bridgehead atoms. The Morgan fingerprint density at radius 2 is 1.86 bits per heavy atom. The average Bonchev–Trinajstić information content (AvgIpc) is 2.45. The number of hydrogen-bond donors (Lipinski definition) is 3. The van der Waals surface area contributed by atoms with Crippen LogP contribution in [0.3, 0.4) is 0 Å². The predicted molar refractivity (Wildman–Crippen MR) is 89.6 cm³/mol. The molecule has 4 N–H and O–H groups in total. The van der Waals surface area contributed by atoms with Crippen molar-refractivity contribution in [3.05, 3.63) is 52.5 Å². The number of ether oxygens (including phenoxy) is 1. The fraction of sp³-hybridized carbons (Fsp3) is 0.133. The van der Waals surface area contributed by atoms with Gasteiger partial charge in [0, 0.05) is 10.7 Å². The molecule has 22 heavy (non-hydrogen) atoms. The topological polar surface area (TPSA) is 76.4 Å². The van der Waals surface area contributed by atoms with Gasteiger partial charge < -0.3 is 21.1 Å². The Hall–Kier alpha value is -2.11. The number of hydrogen-bond acceptors (Lipinski definition) is 3. The Bertz CT molecular complexity index is 662. The number of carbonyl (C=O) groups excluding carboxylic acids is 1. The Morgan fingerprint density at radius 3 is 2.50 bits per heavy atom. The highest BCUT2D eigenvalue weighted by atomic mass is 35.5. The largest absolute Gasteiger partial charge is 0.471 e. The number of nitrogens with one attached hydrogen (secondary N) is 2. The maximum atomic E-state index is 11.9. The maximum Gasteiger partial charge on any atom is 0.322 e. The smallest absolute Gasteiger partial charge is 0.322 e. The number of halogens is 2. The van der Waals surface area contributed by atoms with Gasteiger partial charge in [0.2, 0.25) is 0 Å². The maximum absolute atomic E-state index is 11.9. The SMILES string of the molecule is CC(NC(=O)Nc1ccc(N)c(Cl)c1)Oc1ccc(Cl)cc1. The van der Waals surface area contributed by atoms with E-state index < -0.39 is 12.3 Å². The molecule has 0 aliphatic carbocycles. The van der Waals surface area contributed by atoms with Gasteiger partial charge >= 0.3 is 6.03 Å². The second-order valence-corrected chi connectivity index (χ2v) is 5.39. The Kier molecular flexibility index (Phi) is 5.35. The van der Waals surface area contributed by atoms with Crippen molar-refractivity contribution in [2.45, 2.75) is 13.2 Å². The fourth-order valence-corrected chi connectivity index (χ4v) is 2.01. The van der Waals surface area contributed by atoms with Gasteiger partial charge in [-0.25, -0.2) is 4.79 Å².